The van der Waals surface area contributed by atoms with Crippen LogP contribution >= 0.6 is 0 Å². The van der Waals surface area contributed by atoms with Crippen LogP contribution in [-0.4, -0.2) is 54.0 Å². The van der Waals surface area contributed by atoms with Crippen molar-refractivity contribution in [1.82, 2.24) is 19.3 Å². The summed E-state index contributed by atoms with van der Waals surface area (Å²) in [7, 11) is -2.23. The van der Waals surface area contributed by atoms with Gasteiger partial charge in [0.2, 0.25) is 15.9 Å². The smallest absolute Gasteiger partial charge is 0.319 e. The van der Waals surface area contributed by atoms with Crippen molar-refractivity contribution in [1.29, 1.82) is 0 Å². The summed E-state index contributed by atoms with van der Waals surface area (Å²) < 4.78 is 39.2. The third-order valence-corrected chi connectivity index (χ3v) is 6.76. The van der Waals surface area contributed by atoms with E-state index in [0.29, 0.717) is 24.4 Å². The first-order valence-electron chi connectivity index (χ1n) is 9.37. The largest absolute Gasteiger partial charge is 0.473 e. The van der Waals surface area contributed by atoms with Crippen LogP contribution < -0.4 is 9.47 Å². The summed E-state index contributed by atoms with van der Waals surface area (Å²) >= 11 is 0. The first-order valence-corrected chi connectivity index (χ1v) is 10.8. The van der Waals surface area contributed by atoms with Gasteiger partial charge in [-0.2, -0.15) is 9.29 Å². The van der Waals surface area contributed by atoms with Crippen molar-refractivity contribution in [2.24, 2.45) is 0 Å². The van der Waals surface area contributed by atoms with Gasteiger partial charge in [0.15, 0.2) is 0 Å². The lowest BCUT2D eigenvalue weighted by Gasteiger charge is -2.32. The minimum absolute atomic E-state index is 0.208. The molecule has 4 rings (SSSR count). The molecule has 29 heavy (non-hydrogen) atoms. The monoisotopic (exact) mass is 414 g/mol. The highest BCUT2D eigenvalue weighted by atomic mass is 32.2. The molecule has 1 aromatic carbocycles. The van der Waals surface area contributed by atoms with Gasteiger partial charge in [0, 0.05) is 29.9 Å². The van der Waals surface area contributed by atoms with E-state index in [9.17, 15) is 8.42 Å². The Balaban J connectivity index is 1.60. The van der Waals surface area contributed by atoms with Gasteiger partial charge >= 0.3 is 6.01 Å². The molecule has 3 heterocycles. The van der Waals surface area contributed by atoms with E-state index in [0.717, 1.165) is 17.5 Å². The SMILES string of the molecule is COc1nccc(OC2CCCN(S(=O)(=O)c3cccc4ccc(C)nc34)C2)n1. The van der Waals surface area contributed by atoms with E-state index in [1.165, 1.54) is 11.4 Å². The third kappa shape index (κ3) is 4.01. The van der Waals surface area contributed by atoms with Crippen LogP contribution in [0.15, 0.2) is 47.5 Å². The fraction of sp³-hybridized carbons (Fsp3) is 0.350. The predicted octanol–water partition coefficient (Wildman–Crippen LogP) is 2.57. The number of benzene rings is 1. The summed E-state index contributed by atoms with van der Waals surface area (Å²) in [6.45, 7) is 2.54. The number of pyridine rings is 1. The maximum atomic E-state index is 13.4. The van der Waals surface area contributed by atoms with Crippen molar-refractivity contribution in [3.05, 3.63) is 48.3 Å². The molecule has 3 aromatic rings. The van der Waals surface area contributed by atoms with Gasteiger partial charge in [0.1, 0.15) is 11.0 Å². The number of rotatable bonds is 5. The number of methoxy groups -OCH3 is 1. The van der Waals surface area contributed by atoms with E-state index in [2.05, 4.69) is 15.0 Å². The Kier molecular flexibility index (Phi) is 5.33. The molecule has 152 valence electrons. The number of hydrogen-bond donors (Lipinski definition) is 0. The second-order valence-electron chi connectivity index (χ2n) is 6.91. The molecule has 1 aliphatic heterocycles. The van der Waals surface area contributed by atoms with Gasteiger partial charge in [-0.3, -0.25) is 4.98 Å². The summed E-state index contributed by atoms with van der Waals surface area (Å²) in [5.74, 6) is 0.364. The van der Waals surface area contributed by atoms with Crippen molar-refractivity contribution >= 4 is 20.9 Å². The molecule has 2 aromatic heterocycles. The lowest BCUT2D eigenvalue weighted by molar-refractivity contribution is 0.123. The average Bonchev–Trinajstić information content (AvgIpc) is 2.73. The van der Waals surface area contributed by atoms with E-state index in [-0.39, 0.29) is 23.6 Å². The molecule has 0 bridgehead atoms. The molecule has 1 unspecified atom stereocenters. The topological polar surface area (TPSA) is 94.5 Å². The molecule has 1 atom stereocenters. The summed E-state index contributed by atoms with van der Waals surface area (Å²) in [4.78, 5) is 12.8. The standard InChI is InChI=1S/C20H22N4O4S/c1-14-8-9-15-5-3-7-17(19(15)22-14)29(25,26)24-12-4-6-16(13-24)28-18-10-11-21-20(23-18)27-2/h3,5,7-11,16H,4,6,12-13H2,1-2H3. The van der Waals surface area contributed by atoms with Crippen LogP contribution in [0.1, 0.15) is 18.5 Å². The maximum absolute atomic E-state index is 13.4. The number of aryl methyl sites for hydroxylation is 1. The van der Waals surface area contributed by atoms with Gasteiger partial charge in [-0.25, -0.2) is 13.4 Å². The van der Waals surface area contributed by atoms with Gasteiger partial charge in [0.05, 0.1) is 19.2 Å². The Morgan fingerprint density at radius 2 is 2.00 bits per heavy atom. The van der Waals surface area contributed by atoms with E-state index < -0.39 is 10.0 Å². The van der Waals surface area contributed by atoms with Gasteiger partial charge in [0.25, 0.3) is 0 Å². The van der Waals surface area contributed by atoms with Gasteiger partial charge in [-0.05, 0) is 31.9 Å². The van der Waals surface area contributed by atoms with E-state index in [4.69, 9.17) is 9.47 Å². The summed E-state index contributed by atoms with van der Waals surface area (Å²) in [5, 5.41) is 0.801. The Labute approximate surface area is 169 Å². The van der Waals surface area contributed by atoms with Gasteiger partial charge in [-0.1, -0.05) is 18.2 Å². The zero-order valence-electron chi connectivity index (χ0n) is 16.3. The number of fused-ring (bicyclic) bond motifs is 1. The summed E-state index contributed by atoms with van der Waals surface area (Å²) in [6.07, 6.45) is 2.68. The molecule has 8 nitrogen and oxygen atoms in total. The van der Waals surface area contributed by atoms with Crippen LogP contribution in [0, 0.1) is 6.92 Å². The number of piperidine rings is 1. The second kappa shape index (κ2) is 7.92. The number of nitrogens with zero attached hydrogens (tertiary/aromatic N) is 4. The number of hydrogen-bond acceptors (Lipinski definition) is 7. The Hall–Kier alpha value is -2.78. The van der Waals surface area contributed by atoms with Crippen molar-refractivity contribution in [3.8, 4) is 11.9 Å². The highest BCUT2D eigenvalue weighted by Gasteiger charge is 2.32. The number of aromatic nitrogens is 3. The molecule has 0 aliphatic carbocycles. The average molecular weight is 414 g/mol. The Morgan fingerprint density at radius 1 is 1.14 bits per heavy atom. The van der Waals surface area contributed by atoms with E-state index >= 15 is 0 Å². The van der Waals surface area contributed by atoms with Crippen molar-refractivity contribution in [2.75, 3.05) is 20.2 Å². The number of para-hydroxylation sites is 1. The van der Waals surface area contributed by atoms with Crippen LogP contribution in [0.2, 0.25) is 0 Å². The number of sulfonamides is 1. The minimum Gasteiger partial charge on any atom is -0.473 e. The normalized spacial score (nSPS) is 17.9. The molecule has 9 heteroatoms. The van der Waals surface area contributed by atoms with E-state index in [1.54, 1.807) is 24.4 Å². The van der Waals surface area contributed by atoms with Crippen LogP contribution in [0.25, 0.3) is 10.9 Å². The molecule has 0 amide bonds. The van der Waals surface area contributed by atoms with E-state index in [1.807, 2.05) is 25.1 Å². The molecule has 0 N–H and O–H groups in total. The first kappa shape index (κ1) is 19.5. The molecule has 1 saturated heterocycles. The molecule has 0 saturated carbocycles. The van der Waals surface area contributed by atoms with Crippen LogP contribution in [0.3, 0.4) is 0 Å². The zero-order valence-corrected chi connectivity index (χ0v) is 17.1. The van der Waals surface area contributed by atoms with Crippen molar-refractivity contribution in [2.45, 2.75) is 30.8 Å². The second-order valence-corrected chi connectivity index (χ2v) is 8.81. The first-order chi connectivity index (χ1) is 14.0. The number of ether oxygens (including phenoxy) is 2. The third-order valence-electron chi connectivity index (χ3n) is 4.86. The highest BCUT2D eigenvalue weighted by molar-refractivity contribution is 7.89. The summed E-state index contributed by atoms with van der Waals surface area (Å²) in [5.41, 5.74) is 1.27. The molecular weight excluding hydrogens is 392 g/mol. The molecule has 0 radical (unpaired) electrons. The predicted molar refractivity (Wildman–Crippen MR) is 107 cm³/mol. The van der Waals surface area contributed by atoms with Crippen LogP contribution in [0.4, 0.5) is 0 Å². The van der Waals surface area contributed by atoms with Gasteiger partial charge < -0.3 is 9.47 Å². The molecule has 1 aliphatic rings. The quantitative estimate of drug-likeness (QED) is 0.633. The van der Waals surface area contributed by atoms with Crippen molar-refractivity contribution in [3.63, 3.8) is 0 Å². The molecule has 1 fully saturated rings. The summed E-state index contributed by atoms with van der Waals surface area (Å²) in [6, 6.07) is 10.8. The Bertz CT molecular complexity index is 1140. The lowest BCUT2D eigenvalue weighted by atomic mass is 10.1. The lowest BCUT2D eigenvalue weighted by Crippen LogP contribution is -2.44. The maximum Gasteiger partial charge on any atom is 0.319 e. The fourth-order valence-electron chi connectivity index (χ4n) is 3.44. The van der Waals surface area contributed by atoms with Crippen LogP contribution in [-0.2, 0) is 10.0 Å². The highest BCUT2D eigenvalue weighted by Crippen LogP contribution is 2.28. The molecule has 0 spiro atoms. The fourth-order valence-corrected chi connectivity index (χ4v) is 5.11. The minimum atomic E-state index is -3.71. The van der Waals surface area contributed by atoms with Gasteiger partial charge in [-0.15, -0.1) is 0 Å². The van der Waals surface area contributed by atoms with Crippen molar-refractivity contribution < 1.29 is 17.9 Å². The molecular formula is C20H22N4O4S. The van der Waals surface area contributed by atoms with Crippen LogP contribution in [0.5, 0.6) is 11.9 Å². The Morgan fingerprint density at radius 3 is 2.83 bits per heavy atom. The zero-order chi connectivity index (χ0) is 20.4.